The number of aryl methyl sites for hydroxylation is 1. The number of anilines is 1. The van der Waals surface area contributed by atoms with Crippen LogP contribution in [0.3, 0.4) is 0 Å². The maximum atomic E-state index is 10.7. The molecular formula is C5H7ClN4O. The van der Waals surface area contributed by atoms with Crippen molar-refractivity contribution in [3.05, 3.63) is 6.33 Å². The van der Waals surface area contributed by atoms with Crippen molar-refractivity contribution in [2.45, 2.75) is 0 Å². The number of alkyl halides is 1. The summed E-state index contributed by atoms with van der Waals surface area (Å²) in [4.78, 5) is 10.7. The highest BCUT2D eigenvalue weighted by Crippen LogP contribution is 1.97. The molecule has 0 aliphatic heterocycles. The lowest BCUT2D eigenvalue weighted by Gasteiger charge is -1.99. The lowest BCUT2D eigenvalue weighted by atomic mass is 10.7. The van der Waals surface area contributed by atoms with Crippen LogP contribution in [0.15, 0.2) is 6.33 Å². The minimum Gasteiger partial charge on any atom is -0.303 e. The predicted octanol–water partition coefficient (Wildman–Crippen LogP) is -0.00760. The first kappa shape index (κ1) is 8.00. The second kappa shape index (κ2) is 3.34. The van der Waals surface area contributed by atoms with E-state index in [0.29, 0.717) is 5.95 Å². The lowest BCUT2D eigenvalue weighted by molar-refractivity contribution is -0.114. The summed E-state index contributed by atoms with van der Waals surface area (Å²) < 4.78 is 1.59. The summed E-state index contributed by atoms with van der Waals surface area (Å²) >= 11 is 5.25. The Hall–Kier alpha value is -1.10. The SMILES string of the molecule is Cn1cnnc1NC(=O)CCl. The molecule has 1 amide bonds. The molecule has 0 aromatic carbocycles. The normalized spacial score (nSPS) is 9.64. The zero-order valence-corrected chi connectivity index (χ0v) is 6.67. The Kier molecular flexibility index (Phi) is 2.43. The fourth-order valence-electron chi connectivity index (χ4n) is 0.554. The maximum absolute atomic E-state index is 10.7. The number of hydrogen-bond donors (Lipinski definition) is 1. The Balaban J connectivity index is 2.64. The van der Waals surface area contributed by atoms with Crippen LogP contribution in [0.4, 0.5) is 5.95 Å². The van der Waals surface area contributed by atoms with Gasteiger partial charge in [-0.05, 0) is 0 Å². The van der Waals surface area contributed by atoms with Gasteiger partial charge in [0, 0.05) is 7.05 Å². The third-order valence-electron chi connectivity index (χ3n) is 1.08. The molecule has 0 aliphatic rings. The molecule has 0 aliphatic carbocycles. The van der Waals surface area contributed by atoms with Crippen molar-refractivity contribution in [3.8, 4) is 0 Å². The van der Waals surface area contributed by atoms with Crippen LogP contribution < -0.4 is 5.32 Å². The number of nitrogens with one attached hydrogen (secondary N) is 1. The number of amides is 1. The molecule has 0 unspecified atom stereocenters. The Morgan fingerprint density at radius 1 is 1.91 bits per heavy atom. The molecule has 60 valence electrons. The Morgan fingerprint density at radius 2 is 2.64 bits per heavy atom. The van der Waals surface area contributed by atoms with E-state index in [0.717, 1.165) is 0 Å². The number of halogens is 1. The molecule has 5 nitrogen and oxygen atoms in total. The van der Waals surface area contributed by atoms with E-state index in [2.05, 4.69) is 15.5 Å². The summed E-state index contributed by atoms with van der Waals surface area (Å²) in [6.07, 6.45) is 1.49. The first-order chi connectivity index (χ1) is 5.24. The maximum Gasteiger partial charge on any atom is 0.241 e. The topological polar surface area (TPSA) is 59.8 Å². The minimum absolute atomic E-state index is 0.0765. The van der Waals surface area contributed by atoms with Gasteiger partial charge in [-0.1, -0.05) is 0 Å². The molecule has 0 saturated heterocycles. The highest BCUT2D eigenvalue weighted by atomic mass is 35.5. The Bertz CT molecular complexity index is 259. The quantitative estimate of drug-likeness (QED) is 0.642. The van der Waals surface area contributed by atoms with Gasteiger partial charge in [0.1, 0.15) is 12.2 Å². The van der Waals surface area contributed by atoms with Gasteiger partial charge in [-0.2, -0.15) is 0 Å². The van der Waals surface area contributed by atoms with Gasteiger partial charge >= 0.3 is 0 Å². The highest BCUT2D eigenvalue weighted by molar-refractivity contribution is 6.28. The first-order valence-electron chi connectivity index (χ1n) is 2.94. The van der Waals surface area contributed by atoms with E-state index in [9.17, 15) is 4.79 Å². The van der Waals surface area contributed by atoms with Crippen LogP contribution in [0.2, 0.25) is 0 Å². The van der Waals surface area contributed by atoms with E-state index < -0.39 is 0 Å². The van der Waals surface area contributed by atoms with E-state index in [1.807, 2.05) is 0 Å². The molecule has 1 rings (SSSR count). The number of nitrogens with zero attached hydrogens (tertiary/aromatic N) is 3. The summed E-state index contributed by atoms with van der Waals surface area (Å²) in [6.45, 7) is 0. The standard InChI is InChI=1S/C5H7ClN4O/c1-10-3-7-9-5(10)8-4(11)2-6/h3H,2H2,1H3,(H,8,9,11). The van der Waals surface area contributed by atoms with Crippen LogP contribution >= 0.6 is 11.6 Å². The number of hydrogen-bond acceptors (Lipinski definition) is 3. The van der Waals surface area contributed by atoms with Crippen molar-refractivity contribution in [3.63, 3.8) is 0 Å². The first-order valence-corrected chi connectivity index (χ1v) is 3.47. The summed E-state index contributed by atoms with van der Waals surface area (Å²) in [7, 11) is 1.73. The molecule has 6 heteroatoms. The van der Waals surface area contributed by atoms with Crippen molar-refractivity contribution >= 4 is 23.5 Å². The minimum atomic E-state index is -0.289. The van der Waals surface area contributed by atoms with E-state index in [1.54, 1.807) is 11.6 Å². The zero-order valence-electron chi connectivity index (χ0n) is 5.91. The third kappa shape index (κ3) is 1.91. The fraction of sp³-hybridized carbons (Fsp3) is 0.400. The third-order valence-corrected chi connectivity index (χ3v) is 1.33. The van der Waals surface area contributed by atoms with Crippen molar-refractivity contribution in [1.82, 2.24) is 14.8 Å². The summed E-state index contributed by atoms with van der Waals surface area (Å²) in [6, 6.07) is 0. The molecule has 1 aromatic heterocycles. The summed E-state index contributed by atoms with van der Waals surface area (Å²) in [5.74, 6) is 0.0331. The number of aromatic nitrogens is 3. The molecule has 0 radical (unpaired) electrons. The van der Waals surface area contributed by atoms with Gasteiger partial charge in [0.2, 0.25) is 11.9 Å². The lowest BCUT2D eigenvalue weighted by Crippen LogP contribution is -2.15. The number of carbonyl (C=O) groups excluding carboxylic acids is 1. The largest absolute Gasteiger partial charge is 0.303 e. The van der Waals surface area contributed by atoms with Gasteiger partial charge in [-0.15, -0.1) is 21.8 Å². The van der Waals surface area contributed by atoms with Crippen LogP contribution in [-0.2, 0) is 11.8 Å². The van der Waals surface area contributed by atoms with Crippen molar-refractivity contribution in [1.29, 1.82) is 0 Å². The summed E-state index contributed by atoms with van der Waals surface area (Å²) in [5, 5.41) is 9.65. The van der Waals surface area contributed by atoms with E-state index in [1.165, 1.54) is 6.33 Å². The van der Waals surface area contributed by atoms with Gasteiger partial charge in [0.15, 0.2) is 0 Å². The fourth-order valence-corrected chi connectivity index (χ4v) is 0.621. The molecule has 0 fully saturated rings. The molecule has 1 heterocycles. The number of rotatable bonds is 2. The van der Waals surface area contributed by atoms with Crippen LogP contribution in [-0.4, -0.2) is 26.6 Å². The van der Waals surface area contributed by atoms with E-state index >= 15 is 0 Å². The smallest absolute Gasteiger partial charge is 0.241 e. The molecule has 0 saturated carbocycles. The molecular weight excluding hydrogens is 168 g/mol. The van der Waals surface area contributed by atoms with Crippen molar-refractivity contribution in [2.24, 2.45) is 7.05 Å². The van der Waals surface area contributed by atoms with Gasteiger partial charge in [0.25, 0.3) is 0 Å². The second-order valence-corrected chi connectivity index (χ2v) is 2.21. The molecule has 1 N–H and O–H groups in total. The highest BCUT2D eigenvalue weighted by Gasteiger charge is 2.03. The van der Waals surface area contributed by atoms with E-state index in [4.69, 9.17) is 11.6 Å². The zero-order chi connectivity index (χ0) is 8.27. The van der Waals surface area contributed by atoms with Gasteiger partial charge in [-0.3, -0.25) is 10.1 Å². The van der Waals surface area contributed by atoms with Gasteiger partial charge < -0.3 is 4.57 Å². The molecule has 0 bridgehead atoms. The van der Waals surface area contributed by atoms with E-state index in [-0.39, 0.29) is 11.8 Å². The molecule has 0 spiro atoms. The van der Waals surface area contributed by atoms with Crippen LogP contribution in [0.1, 0.15) is 0 Å². The Morgan fingerprint density at radius 3 is 3.09 bits per heavy atom. The van der Waals surface area contributed by atoms with Crippen molar-refractivity contribution < 1.29 is 4.79 Å². The Labute approximate surface area is 68.4 Å². The predicted molar refractivity (Wildman–Crippen MR) is 40.4 cm³/mol. The molecule has 1 aromatic rings. The number of carbonyl (C=O) groups is 1. The second-order valence-electron chi connectivity index (χ2n) is 1.95. The molecule has 11 heavy (non-hydrogen) atoms. The summed E-state index contributed by atoms with van der Waals surface area (Å²) in [5.41, 5.74) is 0. The van der Waals surface area contributed by atoms with Gasteiger partial charge in [-0.25, -0.2) is 0 Å². The molecule has 0 atom stereocenters. The van der Waals surface area contributed by atoms with Crippen molar-refractivity contribution in [2.75, 3.05) is 11.2 Å². The van der Waals surface area contributed by atoms with Crippen LogP contribution in [0.25, 0.3) is 0 Å². The average Bonchev–Trinajstić information content (AvgIpc) is 2.37. The van der Waals surface area contributed by atoms with Crippen LogP contribution in [0, 0.1) is 0 Å². The average molecular weight is 175 g/mol. The van der Waals surface area contributed by atoms with Gasteiger partial charge in [0.05, 0.1) is 0 Å². The van der Waals surface area contributed by atoms with Crippen LogP contribution in [0.5, 0.6) is 0 Å². The monoisotopic (exact) mass is 174 g/mol.